The van der Waals surface area contributed by atoms with Gasteiger partial charge in [-0.3, -0.25) is 4.79 Å². The van der Waals surface area contributed by atoms with Crippen LogP contribution in [0.25, 0.3) is 0 Å². The zero-order valence-electron chi connectivity index (χ0n) is 14.6. The van der Waals surface area contributed by atoms with E-state index in [0.29, 0.717) is 12.5 Å². The summed E-state index contributed by atoms with van der Waals surface area (Å²) >= 11 is 0. The highest BCUT2D eigenvalue weighted by atomic mass is 16.5. The predicted octanol–water partition coefficient (Wildman–Crippen LogP) is 1.20. The molecule has 0 aliphatic carbocycles. The Kier molecular flexibility index (Phi) is 6.28. The van der Waals surface area contributed by atoms with Crippen LogP contribution in [0.5, 0.6) is 11.5 Å². The maximum atomic E-state index is 12.2. The maximum Gasteiger partial charge on any atom is 0.275 e. The van der Waals surface area contributed by atoms with Crippen LogP contribution in [0.2, 0.25) is 0 Å². The Hall–Kier alpha value is -1.75. The van der Waals surface area contributed by atoms with Crippen molar-refractivity contribution in [2.75, 3.05) is 33.9 Å². The van der Waals surface area contributed by atoms with Gasteiger partial charge < -0.3 is 19.7 Å². The van der Waals surface area contributed by atoms with Crippen molar-refractivity contribution in [3.05, 3.63) is 23.8 Å². The molecule has 128 valence electrons. The molecule has 2 N–H and O–H groups in total. The highest BCUT2D eigenvalue weighted by Crippen LogP contribution is 2.31. The second kappa shape index (κ2) is 8.20. The van der Waals surface area contributed by atoms with Gasteiger partial charge in [0.1, 0.15) is 17.5 Å². The average Bonchev–Trinajstić information content (AvgIpc) is 3.00. The number of methoxy groups -OCH3 is 2. The molecule has 0 spiro atoms. The van der Waals surface area contributed by atoms with Gasteiger partial charge in [-0.1, -0.05) is 13.8 Å². The average molecular weight is 321 g/mol. The SMILES string of the molecule is COc1ccc(OC)c([C@@H]2CCC[NH+]2CC(=O)NCC(C)C)c1. The Morgan fingerprint density at radius 1 is 1.35 bits per heavy atom. The van der Waals surface area contributed by atoms with Gasteiger partial charge in [0.05, 0.1) is 26.3 Å². The summed E-state index contributed by atoms with van der Waals surface area (Å²) in [5.41, 5.74) is 1.14. The Bertz CT molecular complexity index is 531. The Morgan fingerprint density at radius 2 is 2.13 bits per heavy atom. The highest BCUT2D eigenvalue weighted by Gasteiger charge is 2.33. The van der Waals surface area contributed by atoms with Crippen LogP contribution in [-0.4, -0.2) is 39.8 Å². The lowest BCUT2D eigenvalue weighted by atomic mass is 10.0. The number of carbonyl (C=O) groups is 1. The van der Waals surface area contributed by atoms with E-state index in [0.717, 1.165) is 43.0 Å². The second-order valence-electron chi connectivity index (χ2n) is 6.59. The first-order valence-corrected chi connectivity index (χ1v) is 8.38. The first-order chi connectivity index (χ1) is 11.0. The van der Waals surface area contributed by atoms with E-state index in [1.54, 1.807) is 14.2 Å². The van der Waals surface area contributed by atoms with Crippen molar-refractivity contribution in [1.29, 1.82) is 0 Å². The summed E-state index contributed by atoms with van der Waals surface area (Å²) in [6.07, 6.45) is 2.19. The largest absolute Gasteiger partial charge is 0.497 e. The van der Waals surface area contributed by atoms with Crippen molar-refractivity contribution >= 4 is 5.91 Å². The Balaban J connectivity index is 2.10. The number of hydrogen-bond donors (Lipinski definition) is 2. The summed E-state index contributed by atoms with van der Waals surface area (Å²) in [7, 11) is 3.36. The van der Waals surface area contributed by atoms with Crippen molar-refractivity contribution in [3.63, 3.8) is 0 Å². The monoisotopic (exact) mass is 321 g/mol. The quantitative estimate of drug-likeness (QED) is 0.793. The van der Waals surface area contributed by atoms with E-state index >= 15 is 0 Å². The van der Waals surface area contributed by atoms with E-state index in [1.807, 2.05) is 18.2 Å². The third-order valence-electron chi connectivity index (χ3n) is 4.39. The molecule has 1 aliphatic heterocycles. The fourth-order valence-electron chi connectivity index (χ4n) is 3.20. The normalized spacial score (nSPS) is 20.6. The van der Waals surface area contributed by atoms with Gasteiger partial charge in [0, 0.05) is 19.4 Å². The molecule has 1 aromatic carbocycles. The van der Waals surface area contributed by atoms with Crippen LogP contribution in [0.4, 0.5) is 0 Å². The topological polar surface area (TPSA) is 52.0 Å². The number of nitrogens with one attached hydrogen (secondary N) is 2. The number of amides is 1. The van der Waals surface area contributed by atoms with Crippen LogP contribution in [0.3, 0.4) is 0 Å². The minimum absolute atomic E-state index is 0.127. The molecule has 5 heteroatoms. The van der Waals surface area contributed by atoms with E-state index in [2.05, 4.69) is 19.2 Å². The third-order valence-corrected chi connectivity index (χ3v) is 4.39. The zero-order valence-corrected chi connectivity index (χ0v) is 14.6. The van der Waals surface area contributed by atoms with Crippen molar-refractivity contribution in [1.82, 2.24) is 5.32 Å². The smallest absolute Gasteiger partial charge is 0.275 e. The van der Waals surface area contributed by atoms with Crippen LogP contribution >= 0.6 is 0 Å². The van der Waals surface area contributed by atoms with Crippen molar-refractivity contribution < 1.29 is 19.2 Å². The predicted molar refractivity (Wildman–Crippen MR) is 90.1 cm³/mol. The lowest BCUT2D eigenvalue weighted by Gasteiger charge is -2.23. The lowest BCUT2D eigenvalue weighted by Crippen LogP contribution is -3.11. The molecule has 0 aromatic heterocycles. The van der Waals surface area contributed by atoms with Crippen LogP contribution in [0.1, 0.15) is 38.3 Å². The fourth-order valence-corrected chi connectivity index (χ4v) is 3.20. The molecule has 1 fully saturated rings. The molecule has 1 aromatic rings. The minimum atomic E-state index is 0.127. The van der Waals surface area contributed by atoms with Crippen LogP contribution in [0.15, 0.2) is 18.2 Å². The molecule has 2 atom stereocenters. The van der Waals surface area contributed by atoms with E-state index in [4.69, 9.17) is 9.47 Å². The van der Waals surface area contributed by atoms with E-state index in [1.165, 1.54) is 4.90 Å². The molecular weight excluding hydrogens is 292 g/mol. The highest BCUT2D eigenvalue weighted by molar-refractivity contribution is 5.76. The van der Waals surface area contributed by atoms with E-state index in [-0.39, 0.29) is 11.9 Å². The first kappa shape index (κ1) is 17.6. The molecule has 1 unspecified atom stereocenters. The van der Waals surface area contributed by atoms with Gasteiger partial charge in [-0.05, 0) is 24.1 Å². The summed E-state index contributed by atoms with van der Waals surface area (Å²) in [6.45, 7) is 6.47. The molecular formula is C18H29N2O3+. The van der Waals surface area contributed by atoms with E-state index < -0.39 is 0 Å². The number of rotatable bonds is 7. The number of likely N-dealkylation sites (tertiary alicyclic amines) is 1. The van der Waals surface area contributed by atoms with Crippen LogP contribution in [-0.2, 0) is 4.79 Å². The van der Waals surface area contributed by atoms with Gasteiger partial charge in [0.15, 0.2) is 6.54 Å². The molecule has 1 aliphatic rings. The van der Waals surface area contributed by atoms with Crippen LogP contribution < -0.4 is 19.7 Å². The van der Waals surface area contributed by atoms with Crippen LogP contribution in [0, 0.1) is 5.92 Å². The molecule has 23 heavy (non-hydrogen) atoms. The summed E-state index contributed by atoms with van der Waals surface area (Å²) in [5, 5.41) is 3.02. The van der Waals surface area contributed by atoms with Gasteiger partial charge >= 0.3 is 0 Å². The molecule has 0 radical (unpaired) electrons. The molecule has 1 amide bonds. The molecule has 1 heterocycles. The zero-order chi connectivity index (χ0) is 16.8. The number of benzene rings is 1. The summed E-state index contributed by atoms with van der Waals surface area (Å²) in [4.78, 5) is 13.5. The van der Waals surface area contributed by atoms with E-state index in [9.17, 15) is 4.79 Å². The first-order valence-electron chi connectivity index (χ1n) is 8.38. The maximum absolute atomic E-state index is 12.2. The number of quaternary nitrogens is 1. The van der Waals surface area contributed by atoms with Gasteiger partial charge in [-0.2, -0.15) is 0 Å². The Labute approximate surface area is 139 Å². The number of carbonyl (C=O) groups excluding carboxylic acids is 1. The molecule has 5 nitrogen and oxygen atoms in total. The van der Waals surface area contributed by atoms with Gasteiger partial charge in [0.25, 0.3) is 5.91 Å². The second-order valence-corrected chi connectivity index (χ2v) is 6.59. The number of hydrogen-bond acceptors (Lipinski definition) is 3. The standard InChI is InChI=1S/C18H28N2O3/c1-13(2)11-19-18(21)12-20-9-5-6-16(20)15-10-14(22-3)7-8-17(15)23-4/h7-8,10,13,16H,5-6,9,11-12H2,1-4H3,(H,19,21)/p+1/t16-/m0/s1. The van der Waals surface area contributed by atoms with Crippen molar-refractivity contribution in [2.24, 2.45) is 5.92 Å². The number of ether oxygens (including phenoxy) is 2. The molecule has 0 saturated carbocycles. The molecule has 0 bridgehead atoms. The summed E-state index contributed by atoms with van der Waals surface area (Å²) in [6, 6.07) is 6.18. The molecule has 1 saturated heterocycles. The fraction of sp³-hybridized carbons (Fsp3) is 0.611. The van der Waals surface area contributed by atoms with Gasteiger partial charge in [0.2, 0.25) is 0 Å². The van der Waals surface area contributed by atoms with Crippen molar-refractivity contribution in [2.45, 2.75) is 32.7 Å². The lowest BCUT2D eigenvalue weighted by molar-refractivity contribution is -0.910. The Morgan fingerprint density at radius 3 is 2.78 bits per heavy atom. The third kappa shape index (κ3) is 4.61. The summed E-state index contributed by atoms with van der Waals surface area (Å²) < 4.78 is 10.9. The summed E-state index contributed by atoms with van der Waals surface area (Å²) in [5.74, 6) is 2.30. The van der Waals surface area contributed by atoms with Gasteiger partial charge in [-0.25, -0.2) is 0 Å². The molecule has 2 rings (SSSR count). The minimum Gasteiger partial charge on any atom is -0.497 e. The van der Waals surface area contributed by atoms with Gasteiger partial charge in [-0.15, -0.1) is 0 Å². The van der Waals surface area contributed by atoms with Crippen molar-refractivity contribution in [3.8, 4) is 11.5 Å².